The zero-order valence-electron chi connectivity index (χ0n) is 17.2. The zero-order valence-corrected chi connectivity index (χ0v) is 17.2. The summed E-state index contributed by atoms with van der Waals surface area (Å²) in [7, 11) is 0. The fourth-order valence-electron chi connectivity index (χ4n) is 3.81. The lowest BCUT2D eigenvalue weighted by Gasteiger charge is -2.34. The molecule has 0 radical (unpaired) electrons. The highest BCUT2D eigenvalue weighted by molar-refractivity contribution is 5.94. The smallest absolute Gasteiger partial charge is 0.315 e. The lowest BCUT2D eigenvalue weighted by atomic mass is 10.0. The molecule has 2 aromatic rings. The average molecular weight is 410 g/mol. The van der Waals surface area contributed by atoms with Crippen LogP contribution in [-0.4, -0.2) is 66.2 Å². The summed E-state index contributed by atoms with van der Waals surface area (Å²) in [5.41, 5.74) is 2.89. The van der Waals surface area contributed by atoms with E-state index in [0.29, 0.717) is 38.5 Å². The summed E-state index contributed by atoms with van der Waals surface area (Å²) >= 11 is 0. The molecule has 30 heavy (non-hydrogen) atoms. The number of carbonyl (C=O) groups is 2. The first-order valence-electron chi connectivity index (χ1n) is 10.4. The van der Waals surface area contributed by atoms with Gasteiger partial charge in [0.2, 0.25) is 5.91 Å². The Morgan fingerprint density at radius 1 is 1.10 bits per heavy atom. The van der Waals surface area contributed by atoms with Crippen molar-refractivity contribution in [1.29, 1.82) is 0 Å². The van der Waals surface area contributed by atoms with Crippen molar-refractivity contribution in [2.75, 3.05) is 44.4 Å². The van der Waals surface area contributed by atoms with Gasteiger partial charge in [-0.25, -0.2) is 9.97 Å². The van der Waals surface area contributed by atoms with Gasteiger partial charge in [-0.2, -0.15) is 0 Å². The van der Waals surface area contributed by atoms with E-state index >= 15 is 0 Å². The molecule has 4 rings (SSSR count). The minimum absolute atomic E-state index is 0.223. The number of morpholine rings is 1. The van der Waals surface area contributed by atoms with E-state index in [9.17, 15) is 9.59 Å². The number of carbonyl (C=O) groups excluding carboxylic acids is 2. The van der Waals surface area contributed by atoms with Gasteiger partial charge in [0.25, 0.3) is 0 Å². The second-order valence-corrected chi connectivity index (χ2v) is 7.31. The Hall–Kier alpha value is -3.00. The van der Waals surface area contributed by atoms with E-state index in [4.69, 9.17) is 19.4 Å². The van der Waals surface area contributed by atoms with Crippen molar-refractivity contribution in [3.8, 4) is 11.4 Å². The van der Waals surface area contributed by atoms with Gasteiger partial charge in [0.1, 0.15) is 12.2 Å². The van der Waals surface area contributed by atoms with Crippen LogP contribution in [0, 0.1) is 0 Å². The molecular formula is C22H26N4O4. The highest BCUT2D eigenvalue weighted by atomic mass is 16.5. The molecule has 1 saturated heterocycles. The molecule has 0 bridgehead atoms. The maximum Gasteiger partial charge on any atom is 0.315 e. The van der Waals surface area contributed by atoms with Crippen LogP contribution in [0.2, 0.25) is 0 Å². The van der Waals surface area contributed by atoms with Gasteiger partial charge in [-0.15, -0.1) is 0 Å². The lowest BCUT2D eigenvalue weighted by Crippen LogP contribution is -2.41. The Bertz CT molecular complexity index is 913. The van der Waals surface area contributed by atoms with Crippen LogP contribution in [0.25, 0.3) is 11.4 Å². The van der Waals surface area contributed by atoms with E-state index in [-0.39, 0.29) is 18.9 Å². The van der Waals surface area contributed by atoms with Gasteiger partial charge < -0.3 is 19.3 Å². The fourth-order valence-corrected chi connectivity index (χ4v) is 3.81. The number of amides is 1. The molecule has 1 aromatic carbocycles. The number of hydrogen-bond acceptors (Lipinski definition) is 7. The molecule has 0 spiro atoms. The van der Waals surface area contributed by atoms with E-state index in [1.807, 2.05) is 30.3 Å². The lowest BCUT2D eigenvalue weighted by molar-refractivity contribution is -0.148. The number of nitrogens with zero attached hydrogens (tertiary/aromatic N) is 4. The van der Waals surface area contributed by atoms with Crippen molar-refractivity contribution >= 4 is 17.7 Å². The first kappa shape index (κ1) is 20.3. The van der Waals surface area contributed by atoms with Gasteiger partial charge in [0, 0.05) is 37.2 Å². The summed E-state index contributed by atoms with van der Waals surface area (Å²) in [6.45, 7) is 5.70. The quantitative estimate of drug-likeness (QED) is 0.549. The standard InChI is InChI=1S/C22H26N4O4/c1-2-30-20(28)14-19(27)26-9-8-18-17(15-26)22(25-10-12-29-13-11-25)24-21(23-18)16-6-4-3-5-7-16/h3-7H,2,8-15H2,1H3. The Labute approximate surface area is 175 Å². The Morgan fingerprint density at radius 3 is 2.60 bits per heavy atom. The summed E-state index contributed by atoms with van der Waals surface area (Å²) in [4.78, 5) is 38.0. The highest BCUT2D eigenvalue weighted by Crippen LogP contribution is 2.30. The Kier molecular flexibility index (Phi) is 6.23. The summed E-state index contributed by atoms with van der Waals surface area (Å²) in [5, 5.41) is 0. The molecule has 0 N–H and O–H groups in total. The third-order valence-corrected chi connectivity index (χ3v) is 5.33. The summed E-state index contributed by atoms with van der Waals surface area (Å²) < 4.78 is 10.4. The Balaban J connectivity index is 1.64. The number of benzene rings is 1. The highest BCUT2D eigenvalue weighted by Gasteiger charge is 2.29. The van der Waals surface area contributed by atoms with E-state index in [2.05, 4.69) is 4.90 Å². The number of esters is 1. The molecule has 2 aliphatic rings. The molecule has 1 fully saturated rings. The van der Waals surface area contributed by atoms with Gasteiger partial charge >= 0.3 is 5.97 Å². The van der Waals surface area contributed by atoms with Crippen LogP contribution in [0.1, 0.15) is 24.6 Å². The van der Waals surface area contributed by atoms with Gasteiger partial charge in [-0.1, -0.05) is 30.3 Å². The first-order valence-corrected chi connectivity index (χ1v) is 10.4. The van der Waals surface area contributed by atoms with Crippen LogP contribution in [0.5, 0.6) is 0 Å². The van der Waals surface area contributed by atoms with E-state index in [1.165, 1.54) is 0 Å². The molecule has 0 aliphatic carbocycles. The molecule has 0 saturated carbocycles. The summed E-state index contributed by atoms with van der Waals surface area (Å²) in [6, 6.07) is 9.92. The third-order valence-electron chi connectivity index (χ3n) is 5.33. The van der Waals surface area contributed by atoms with Gasteiger partial charge in [0.05, 0.1) is 32.1 Å². The minimum atomic E-state index is -0.489. The van der Waals surface area contributed by atoms with Crippen LogP contribution in [-0.2, 0) is 32.0 Å². The number of anilines is 1. The third kappa shape index (κ3) is 4.43. The topological polar surface area (TPSA) is 84.9 Å². The molecule has 8 nitrogen and oxygen atoms in total. The maximum atomic E-state index is 12.6. The van der Waals surface area contributed by atoms with Gasteiger partial charge in [-0.05, 0) is 6.92 Å². The molecule has 0 atom stereocenters. The van der Waals surface area contributed by atoms with Gasteiger partial charge in [-0.3, -0.25) is 9.59 Å². The van der Waals surface area contributed by atoms with Crippen molar-refractivity contribution in [3.63, 3.8) is 0 Å². The SMILES string of the molecule is CCOC(=O)CC(=O)N1CCc2nc(-c3ccccc3)nc(N3CCOCC3)c2C1. The largest absolute Gasteiger partial charge is 0.466 e. The second kappa shape index (κ2) is 9.21. The zero-order chi connectivity index (χ0) is 20.9. The molecule has 2 aliphatic heterocycles. The minimum Gasteiger partial charge on any atom is -0.466 e. The molecule has 0 unspecified atom stereocenters. The fraction of sp³-hybridized carbons (Fsp3) is 0.455. The van der Waals surface area contributed by atoms with E-state index < -0.39 is 5.97 Å². The monoisotopic (exact) mass is 410 g/mol. The summed E-state index contributed by atoms with van der Waals surface area (Å²) in [5.74, 6) is 0.842. The predicted molar refractivity (Wildman–Crippen MR) is 111 cm³/mol. The van der Waals surface area contributed by atoms with E-state index in [0.717, 1.165) is 35.7 Å². The predicted octanol–water partition coefficient (Wildman–Crippen LogP) is 1.82. The average Bonchev–Trinajstić information content (AvgIpc) is 2.79. The Morgan fingerprint density at radius 2 is 1.87 bits per heavy atom. The van der Waals surface area contributed by atoms with E-state index in [1.54, 1.807) is 11.8 Å². The van der Waals surface area contributed by atoms with Crippen LogP contribution in [0.15, 0.2) is 30.3 Å². The number of ether oxygens (including phenoxy) is 2. The number of rotatable bonds is 5. The number of aromatic nitrogens is 2. The van der Waals surface area contributed by atoms with Gasteiger partial charge in [0.15, 0.2) is 5.82 Å². The molecular weight excluding hydrogens is 384 g/mol. The van der Waals surface area contributed by atoms with Crippen molar-refractivity contribution in [3.05, 3.63) is 41.6 Å². The normalized spacial score (nSPS) is 16.2. The van der Waals surface area contributed by atoms with Crippen molar-refractivity contribution in [2.24, 2.45) is 0 Å². The molecule has 1 aromatic heterocycles. The second-order valence-electron chi connectivity index (χ2n) is 7.31. The van der Waals surface area contributed by atoms with Crippen molar-refractivity contribution in [1.82, 2.24) is 14.9 Å². The van der Waals surface area contributed by atoms with Crippen molar-refractivity contribution in [2.45, 2.75) is 26.3 Å². The molecule has 8 heteroatoms. The maximum absolute atomic E-state index is 12.6. The first-order chi connectivity index (χ1) is 14.7. The number of fused-ring (bicyclic) bond motifs is 1. The summed E-state index contributed by atoms with van der Waals surface area (Å²) in [6.07, 6.45) is 0.391. The van der Waals surface area contributed by atoms with Crippen LogP contribution >= 0.6 is 0 Å². The van der Waals surface area contributed by atoms with Crippen molar-refractivity contribution < 1.29 is 19.1 Å². The van der Waals surface area contributed by atoms with Crippen LogP contribution < -0.4 is 4.90 Å². The molecule has 1 amide bonds. The van der Waals surface area contributed by atoms with Crippen LogP contribution in [0.4, 0.5) is 5.82 Å². The molecule has 3 heterocycles. The molecule has 158 valence electrons. The van der Waals surface area contributed by atoms with Crippen LogP contribution in [0.3, 0.4) is 0 Å². The number of hydrogen-bond donors (Lipinski definition) is 0.